The van der Waals surface area contributed by atoms with E-state index in [1.165, 1.54) is 12.8 Å². The number of nitrogens with two attached hydrogens (primary N) is 1. The maximum atomic E-state index is 12.6. The third-order valence-corrected chi connectivity index (χ3v) is 3.52. The van der Waals surface area contributed by atoms with E-state index >= 15 is 0 Å². The highest BCUT2D eigenvalue weighted by Crippen LogP contribution is 2.31. The van der Waals surface area contributed by atoms with Gasteiger partial charge in [-0.2, -0.15) is 18.2 Å². The van der Waals surface area contributed by atoms with Gasteiger partial charge in [0.1, 0.15) is 5.82 Å². The van der Waals surface area contributed by atoms with Crippen molar-refractivity contribution >= 4 is 11.8 Å². The van der Waals surface area contributed by atoms with Gasteiger partial charge >= 0.3 is 6.18 Å². The quantitative estimate of drug-likeness (QED) is 0.889. The van der Waals surface area contributed by atoms with Gasteiger partial charge in [0.15, 0.2) is 5.69 Å². The molecule has 3 N–H and O–H groups in total. The van der Waals surface area contributed by atoms with Crippen LogP contribution in [0.5, 0.6) is 0 Å². The lowest BCUT2D eigenvalue weighted by Gasteiger charge is -2.21. The Balaban J connectivity index is 2.13. The average molecular weight is 274 g/mol. The van der Waals surface area contributed by atoms with E-state index in [9.17, 15) is 13.2 Å². The molecule has 0 amide bonds. The van der Waals surface area contributed by atoms with Gasteiger partial charge in [0.05, 0.1) is 0 Å². The third kappa shape index (κ3) is 3.48. The number of anilines is 2. The van der Waals surface area contributed by atoms with Crippen LogP contribution >= 0.6 is 0 Å². The van der Waals surface area contributed by atoms with E-state index in [-0.39, 0.29) is 17.8 Å². The zero-order chi connectivity index (χ0) is 14.0. The molecule has 1 aliphatic carbocycles. The van der Waals surface area contributed by atoms with E-state index in [1.807, 2.05) is 6.92 Å². The van der Waals surface area contributed by atoms with Crippen molar-refractivity contribution in [2.45, 2.75) is 44.8 Å². The highest BCUT2D eigenvalue weighted by molar-refractivity contribution is 5.42. The number of nitrogens with zero attached hydrogens (tertiary/aromatic N) is 2. The lowest BCUT2D eigenvalue weighted by Crippen LogP contribution is -2.25. The van der Waals surface area contributed by atoms with Gasteiger partial charge in [-0.3, -0.25) is 0 Å². The van der Waals surface area contributed by atoms with Crippen LogP contribution in [0.15, 0.2) is 6.07 Å². The SMILES string of the molecule is CC(Nc1cc(C(F)(F)F)nc(N)n1)C1CCCC1. The highest BCUT2D eigenvalue weighted by Gasteiger charge is 2.33. The van der Waals surface area contributed by atoms with Crippen molar-refractivity contribution in [1.82, 2.24) is 9.97 Å². The molecule has 2 rings (SSSR count). The molecule has 1 atom stereocenters. The molecule has 1 heterocycles. The average Bonchev–Trinajstić information content (AvgIpc) is 2.80. The Morgan fingerprint density at radius 3 is 2.53 bits per heavy atom. The van der Waals surface area contributed by atoms with E-state index in [1.54, 1.807) is 0 Å². The van der Waals surface area contributed by atoms with E-state index < -0.39 is 11.9 Å². The van der Waals surface area contributed by atoms with Crippen molar-refractivity contribution in [3.63, 3.8) is 0 Å². The van der Waals surface area contributed by atoms with Crippen LogP contribution in [-0.2, 0) is 6.18 Å². The molecule has 0 saturated heterocycles. The first-order valence-corrected chi connectivity index (χ1v) is 6.34. The number of nitrogen functional groups attached to an aromatic ring is 1. The first kappa shape index (κ1) is 13.9. The van der Waals surface area contributed by atoms with Crippen LogP contribution < -0.4 is 11.1 Å². The minimum atomic E-state index is -4.51. The molecular formula is C12H17F3N4. The van der Waals surface area contributed by atoms with E-state index in [4.69, 9.17) is 5.73 Å². The van der Waals surface area contributed by atoms with Gasteiger partial charge in [-0.1, -0.05) is 12.8 Å². The Morgan fingerprint density at radius 2 is 1.95 bits per heavy atom. The molecule has 4 nitrogen and oxygen atoms in total. The number of aromatic nitrogens is 2. The number of hydrogen-bond acceptors (Lipinski definition) is 4. The largest absolute Gasteiger partial charge is 0.433 e. The molecule has 19 heavy (non-hydrogen) atoms. The zero-order valence-electron chi connectivity index (χ0n) is 10.7. The Hall–Kier alpha value is -1.53. The predicted octanol–water partition coefficient (Wildman–Crippen LogP) is 3.07. The lowest BCUT2D eigenvalue weighted by atomic mass is 10.00. The topological polar surface area (TPSA) is 63.8 Å². The summed E-state index contributed by atoms with van der Waals surface area (Å²) in [6.45, 7) is 1.96. The van der Waals surface area contributed by atoms with Crippen molar-refractivity contribution < 1.29 is 13.2 Å². The number of rotatable bonds is 3. The van der Waals surface area contributed by atoms with E-state index in [0.29, 0.717) is 5.92 Å². The number of hydrogen-bond donors (Lipinski definition) is 2. The molecule has 1 fully saturated rings. The van der Waals surface area contributed by atoms with Gasteiger partial charge in [-0.25, -0.2) is 4.98 Å². The smallest absolute Gasteiger partial charge is 0.368 e. The van der Waals surface area contributed by atoms with Gasteiger partial charge in [0.2, 0.25) is 5.95 Å². The van der Waals surface area contributed by atoms with Crippen LogP contribution in [0.2, 0.25) is 0 Å². The van der Waals surface area contributed by atoms with Crippen molar-refractivity contribution in [3.8, 4) is 0 Å². The molecule has 0 bridgehead atoms. The molecular weight excluding hydrogens is 257 g/mol. The summed E-state index contributed by atoms with van der Waals surface area (Å²) in [6.07, 6.45) is 0.0403. The van der Waals surface area contributed by atoms with E-state index in [0.717, 1.165) is 18.9 Å². The summed E-state index contributed by atoms with van der Waals surface area (Å²) in [5, 5.41) is 3.01. The Morgan fingerprint density at radius 1 is 1.32 bits per heavy atom. The summed E-state index contributed by atoms with van der Waals surface area (Å²) >= 11 is 0. The standard InChI is InChI=1S/C12H17F3N4/c1-7(8-4-2-3-5-8)17-10-6-9(12(13,14)15)18-11(16)19-10/h6-8H,2-5H2,1H3,(H3,16,17,18,19). The maximum Gasteiger partial charge on any atom is 0.433 e. The van der Waals surface area contributed by atoms with Crippen LogP contribution in [0.25, 0.3) is 0 Å². The molecule has 0 spiro atoms. The molecule has 0 aromatic carbocycles. The van der Waals surface area contributed by atoms with Gasteiger partial charge in [0, 0.05) is 12.1 Å². The van der Waals surface area contributed by atoms with Crippen molar-refractivity contribution in [2.75, 3.05) is 11.1 Å². The second-order valence-corrected chi connectivity index (χ2v) is 4.97. The third-order valence-electron chi connectivity index (χ3n) is 3.52. The van der Waals surface area contributed by atoms with Crippen LogP contribution in [0.4, 0.5) is 24.9 Å². The van der Waals surface area contributed by atoms with Crippen LogP contribution in [0.3, 0.4) is 0 Å². The maximum absolute atomic E-state index is 12.6. The molecule has 1 unspecified atom stereocenters. The molecule has 1 aromatic heterocycles. The summed E-state index contributed by atoms with van der Waals surface area (Å²) < 4.78 is 37.8. The number of nitrogens with one attached hydrogen (secondary N) is 1. The molecule has 0 aliphatic heterocycles. The minimum absolute atomic E-state index is 0.0814. The van der Waals surface area contributed by atoms with Crippen molar-refractivity contribution in [1.29, 1.82) is 0 Å². The fraction of sp³-hybridized carbons (Fsp3) is 0.667. The summed E-state index contributed by atoms with van der Waals surface area (Å²) in [7, 11) is 0. The molecule has 0 radical (unpaired) electrons. The molecule has 7 heteroatoms. The molecule has 106 valence electrons. The fourth-order valence-electron chi connectivity index (χ4n) is 2.49. The number of halogens is 3. The van der Waals surface area contributed by atoms with Crippen molar-refractivity contribution in [2.24, 2.45) is 5.92 Å². The summed E-state index contributed by atoms with van der Waals surface area (Å²) in [5.74, 6) is 0.251. The Kier molecular flexibility index (Phi) is 3.82. The minimum Gasteiger partial charge on any atom is -0.368 e. The van der Waals surface area contributed by atoms with Crippen LogP contribution in [-0.4, -0.2) is 16.0 Å². The zero-order valence-corrected chi connectivity index (χ0v) is 10.7. The Bertz CT molecular complexity index is 441. The summed E-state index contributed by atoms with van der Waals surface area (Å²) in [6, 6.07) is 0.986. The normalized spacial score (nSPS) is 18.5. The van der Waals surface area contributed by atoms with Gasteiger partial charge in [-0.05, 0) is 25.7 Å². The second kappa shape index (κ2) is 5.22. The highest BCUT2D eigenvalue weighted by atomic mass is 19.4. The van der Waals surface area contributed by atoms with Crippen LogP contribution in [0.1, 0.15) is 38.3 Å². The van der Waals surface area contributed by atoms with Gasteiger partial charge in [-0.15, -0.1) is 0 Å². The lowest BCUT2D eigenvalue weighted by molar-refractivity contribution is -0.141. The number of alkyl halides is 3. The molecule has 1 saturated carbocycles. The molecule has 1 aliphatic rings. The van der Waals surface area contributed by atoms with Crippen molar-refractivity contribution in [3.05, 3.63) is 11.8 Å². The predicted molar refractivity (Wildman–Crippen MR) is 66.5 cm³/mol. The first-order valence-electron chi connectivity index (χ1n) is 6.34. The van der Waals surface area contributed by atoms with E-state index in [2.05, 4.69) is 15.3 Å². The first-order chi connectivity index (χ1) is 8.86. The summed E-state index contributed by atoms with van der Waals surface area (Å²) in [5.41, 5.74) is 4.31. The fourth-order valence-corrected chi connectivity index (χ4v) is 2.49. The summed E-state index contributed by atoms with van der Waals surface area (Å²) in [4.78, 5) is 7.03. The Labute approximate surface area is 109 Å². The molecule has 1 aromatic rings. The second-order valence-electron chi connectivity index (χ2n) is 4.97. The van der Waals surface area contributed by atoms with Crippen LogP contribution in [0, 0.1) is 5.92 Å². The van der Waals surface area contributed by atoms with Gasteiger partial charge in [0.25, 0.3) is 0 Å². The monoisotopic (exact) mass is 274 g/mol. The van der Waals surface area contributed by atoms with Gasteiger partial charge < -0.3 is 11.1 Å².